The van der Waals surface area contributed by atoms with Crippen LogP contribution in [0.5, 0.6) is 0 Å². The summed E-state index contributed by atoms with van der Waals surface area (Å²) in [6.45, 7) is 18.3. The lowest BCUT2D eigenvalue weighted by Gasteiger charge is -2.62. The molecule has 6 heteroatoms. The summed E-state index contributed by atoms with van der Waals surface area (Å²) >= 11 is 6.20. The predicted molar refractivity (Wildman–Crippen MR) is 205 cm³/mol. The number of carbonyl (C=O) groups excluding carboxylic acids is 2. The lowest BCUT2D eigenvalue weighted by molar-refractivity contribution is -0.151. The molecule has 5 nitrogen and oxygen atoms in total. The van der Waals surface area contributed by atoms with Crippen molar-refractivity contribution in [3.8, 4) is 0 Å². The van der Waals surface area contributed by atoms with Gasteiger partial charge in [-0.1, -0.05) is 78.6 Å². The van der Waals surface area contributed by atoms with Crippen LogP contribution in [0.2, 0.25) is 5.02 Å². The topological polar surface area (TPSA) is 60.9 Å². The highest BCUT2D eigenvalue weighted by atomic mass is 35.5. The average molecular weight is 697 g/mol. The number of carbonyl (C=O) groups is 2. The number of hydrogen-bond acceptors (Lipinski definition) is 5. The Bertz CT molecular complexity index is 1310. The van der Waals surface area contributed by atoms with Gasteiger partial charge in [0, 0.05) is 31.1 Å². The van der Waals surface area contributed by atoms with Gasteiger partial charge in [-0.2, -0.15) is 0 Å². The molecular formula is C43H69ClN2O3. The van der Waals surface area contributed by atoms with Gasteiger partial charge in [-0.05, 0) is 142 Å². The zero-order valence-corrected chi connectivity index (χ0v) is 33.3. The number of allylic oxidation sites excluding steroid dienone is 2. The number of nitrogens with zero attached hydrogens (tertiary/aromatic N) is 2. The molecule has 0 bridgehead atoms. The summed E-state index contributed by atoms with van der Waals surface area (Å²) < 4.78 is 0. The molecule has 5 rings (SSSR count). The van der Waals surface area contributed by atoms with Crippen molar-refractivity contribution in [2.75, 3.05) is 33.7 Å². The van der Waals surface area contributed by atoms with Crippen LogP contribution in [0.4, 0.5) is 0 Å². The van der Waals surface area contributed by atoms with Crippen LogP contribution in [0.3, 0.4) is 0 Å². The number of rotatable bonds is 10. The van der Waals surface area contributed by atoms with Crippen LogP contribution in [0, 0.1) is 39.9 Å². The summed E-state index contributed by atoms with van der Waals surface area (Å²) in [5, 5.41) is 11.6. The summed E-state index contributed by atoms with van der Waals surface area (Å²) in [7, 11) is 4.15. The SMILES string of the molecule is CC.CCC12CCC(O)C(C)C1CCC1(C)CCCC3(C(=O)CN(CCN(C)C)Cc4ccc(Cl)cc4)CC(=O)C(C(C)C)=C3CCCC12. The van der Waals surface area contributed by atoms with Crippen molar-refractivity contribution in [2.24, 2.45) is 39.9 Å². The van der Waals surface area contributed by atoms with E-state index in [2.05, 4.69) is 70.6 Å². The molecule has 4 aliphatic carbocycles. The first-order valence-electron chi connectivity index (χ1n) is 19.9. The number of aliphatic hydroxyl groups excluding tert-OH is 1. The third-order valence-corrected chi connectivity index (χ3v) is 14.0. The number of halogens is 1. The molecule has 1 aromatic carbocycles. The zero-order chi connectivity index (χ0) is 36.1. The number of fused-ring (bicyclic) bond motifs is 4. The van der Waals surface area contributed by atoms with Crippen molar-refractivity contribution < 1.29 is 14.7 Å². The van der Waals surface area contributed by atoms with E-state index in [0.717, 1.165) is 80.6 Å². The Morgan fingerprint density at radius 2 is 1.69 bits per heavy atom. The first kappa shape index (κ1) is 40.2. The Balaban J connectivity index is 0.00000265. The van der Waals surface area contributed by atoms with Crippen molar-refractivity contribution in [3.05, 3.63) is 46.0 Å². The molecular weight excluding hydrogens is 628 g/mol. The van der Waals surface area contributed by atoms with Gasteiger partial charge >= 0.3 is 0 Å². The van der Waals surface area contributed by atoms with Crippen LogP contribution >= 0.6 is 11.6 Å². The van der Waals surface area contributed by atoms with Crippen LogP contribution < -0.4 is 0 Å². The van der Waals surface area contributed by atoms with Crippen molar-refractivity contribution in [1.29, 1.82) is 0 Å². The van der Waals surface area contributed by atoms with E-state index in [1.165, 1.54) is 24.8 Å². The summed E-state index contributed by atoms with van der Waals surface area (Å²) in [5.41, 5.74) is 3.13. The van der Waals surface area contributed by atoms with Crippen LogP contribution in [-0.2, 0) is 16.1 Å². The first-order valence-corrected chi connectivity index (χ1v) is 20.2. The third kappa shape index (κ3) is 8.26. The molecule has 276 valence electrons. The van der Waals surface area contributed by atoms with Crippen LogP contribution in [0.1, 0.15) is 131 Å². The summed E-state index contributed by atoms with van der Waals surface area (Å²) in [5.74, 6) is 2.16. The summed E-state index contributed by atoms with van der Waals surface area (Å²) in [6, 6.07) is 7.96. The standard InChI is InChI=1S/C41H63ClN2O3.C2H6/c1-8-40-22-18-34(45)29(4)32(40)17-21-39(5)19-10-20-41(25-35(46)38(28(2)3)33(41)11-9-12-36(39)40)37(47)27-44(24-23-43(6)7)26-30-13-15-31(42)16-14-30;1-2/h13-16,28-29,32,34,36,45H,8-12,17-27H2,1-7H3;1-2H3. The maximum atomic E-state index is 14.9. The maximum absolute atomic E-state index is 14.9. The molecule has 0 aliphatic heterocycles. The Hall–Kier alpha value is -1.53. The van der Waals surface area contributed by atoms with Gasteiger partial charge in [0.2, 0.25) is 0 Å². The number of hydrogen-bond donors (Lipinski definition) is 1. The fourth-order valence-electron chi connectivity index (χ4n) is 11.2. The Morgan fingerprint density at radius 1 is 1.00 bits per heavy atom. The van der Waals surface area contributed by atoms with Crippen LogP contribution in [0.15, 0.2) is 35.4 Å². The molecule has 0 aromatic heterocycles. The molecule has 7 atom stereocenters. The van der Waals surface area contributed by atoms with Gasteiger partial charge in [0.05, 0.1) is 18.1 Å². The van der Waals surface area contributed by atoms with E-state index in [9.17, 15) is 14.7 Å². The minimum absolute atomic E-state index is 0.126. The van der Waals surface area contributed by atoms with E-state index >= 15 is 0 Å². The molecule has 0 spiro atoms. The van der Waals surface area contributed by atoms with E-state index < -0.39 is 5.41 Å². The average Bonchev–Trinajstić information content (AvgIpc) is 3.36. The van der Waals surface area contributed by atoms with Gasteiger partial charge in [0.15, 0.2) is 11.6 Å². The van der Waals surface area contributed by atoms with E-state index in [1.807, 2.05) is 26.0 Å². The number of likely N-dealkylation sites (N-methyl/N-ethyl adjacent to an activating group) is 1. The molecule has 0 radical (unpaired) electrons. The normalized spacial score (nSPS) is 33.6. The number of aliphatic hydroxyl groups is 1. The van der Waals surface area contributed by atoms with Gasteiger partial charge in [0.25, 0.3) is 0 Å². The Morgan fingerprint density at radius 3 is 2.33 bits per heavy atom. The highest BCUT2D eigenvalue weighted by molar-refractivity contribution is 6.30. The molecule has 1 aromatic rings. The van der Waals surface area contributed by atoms with Crippen molar-refractivity contribution >= 4 is 23.2 Å². The molecule has 3 fully saturated rings. The second-order valence-electron chi connectivity index (χ2n) is 16.9. The second kappa shape index (κ2) is 16.9. The van der Waals surface area contributed by atoms with Gasteiger partial charge in [-0.25, -0.2) is 0 Å². The van der Waals surface area contributed by atoms with E-state index in [-0.39, 0.29) is 34.4 Å². The number of Topliss-reactive ketones (excluding diaryl/α,β-unsaturated/α-hetero) is 2. The van der Waals surface area contributed by atoms with Crippen molar-refractivity contribution in [2.45, 2.75) is 138 Å². The summed E-state index contributed by atoms with van der Waals surface area (Å²) in [6.07, 6.45) is 11.8. The largest absolute Gasteiger partial charge is 0.393 e. The van der Waals surface area contributed by atoms with Gasteiger partial charge in [0.1, 0.15) is 0 Å². The molecule has 3 saturated carbocycles. The predicted octanol–water partition coefficient (Wildman–Crippen LogP) is 9.78. The zero-order valence-electron chi connectivity index (χ0n) is 32.5. The quantitative estimate of drug-likeness (QED) is 0.264. The van der Waals surface area contributed by atoms with Gasteiger partial charge in [-0.15, -0.1) is 0 Å². The molecule has 0 heterocycles. The smallest absolute Gasteiger partial charge is 0.160 e. The number of ketones is 2. The molecule has 7 unspecified atom stereocenters. The van der Waals surface area contributed by atoms with Gasteiger partial charge in [-0.3, -0.25) is 14.5 Å². The Kier molecular flexibility index (Phi) is 13.9. The lowest BCUT2D eigenvalue weighted by atomic mass is 9.43. The maximum Gasteiger partial charge on any atom is 0.160 e. The monoisotopic (exact) mass is 696 g/mol. The second-order valence-corrected chi connectivity index (χ2v) is 17.4. The highest BCUT2D eigenvalue weighted by Gasteiger charge is 2.59. The van der Waals surface area contributed by atoms with E-state index in [0.29, 0.717) is 37.3 Å². The molecule has 49 heavy (non-hydrogen) atoms. The Labute approximate surface area is 304 Å². The third-order valence-electron chi connectivity index (χ3n) is 13.7. The highest BCUT2D eigenvalue weighted by Crippen LogP contribution is 2.66. The van der Waals surface area contributed by atoms with E-state index in [4.69, 9.17) is 11.6 Å². The minimum Gasteiger partial charge on any atom is -0.393 e. The molecule has 1 N–H and O–H groups in total. The fourth-order valence-corrected chi connectivity index (χ4v) is 11.4. The van der Waals surface area contributed by atoms with E-state index in [1.54, 1.807) is 0 Å². The van der Waals surface area contributed by atoms with Crippen LogP contribution in [-0.4, -0.2) is 66.3 Å². The van der Waals surface area contributed by atoms with Crippen LogP contribution in [0.25, 0.3) is 0 Å². The molecule has 0 amide bonds. The molecule has 4 aliphatic rings. The fraction of sp³-hybridized carbons (Fsp3) is 0.767. The van der Waals surface area contributed by atoms with Gasteiger partial charge < -0.3 is 10.0 Å². The first-order chi connectivity index (χ1) is 23.3. The minimum atomic E-state index is -0.681. The number of benzene rings is 1. The summed E-state index contributed by atoms with van der Waals surface area (Å²) in [4.78, 5) is 33.3. The van der Waals surface area contributed by atoms with Crippen molar-refractivity contribution in [1.82, 2.24) is 9.80 Å². The van der Waals surface area contributed by atoms with Crippen molar-refractivity contribution in [3.63, 3.8) is 0 Å². The molecule has 0 saturated heterocycles. The lowest BCUT2D eigenvalue weighted by Crippen LogP contribution is -2.56.